The van der Waals surface area contributed by atoms with Crippen LogP contribution in [0.1, 0.15) is 42.5 Å². The zero-order valence-corrected chi connectivity index (χ0v) is 14.7. The highest BCUT2D eigenvalue weighted by molar-refractivity contribution is 5.94. The molecule has 1 aliphatic heterocycles. The molecule has 1 aromatic heterocycles. The van der Waals surface area contributed by atoms with Gasteiger partial charge in [-0.25, -0.2) is 4.98 Å². The number of carbonyl (C=O) groups is 2. The van der Waals surface area contributed by atoms with Crippen LogP contribution in [0.2, 0.25) is 0 Å². The molecule has 1 saturated heterocycles. The average molecular weight is 362 g/mol. The monoisotopic (exact) mass is 362 g/mol. The van der Waals surface area contributed by atoms with Crippen molar-refractivity contribution >= 4 is 17.6 Å². The fraction of sp³-hybridized carbons (Fsp3) is 0.611. The van der Waals surface area contributed by atoms with E-state index in [2.05, 4.69) is 15.6 Å². The number of rotatable bonds is 4. The van der Waals surface area contributed by atoms with Crippen molar-refractivity contribution in [2.24, 2.45) is 5.92 Å². The Kier molecular flexibility index (Phi) is 6.05. The van der Waals surface area contributed by atoms with Crippen LogP contribution < -0.4 is 16.4 Å². The Labute approximate surface area is 152 Å². The summed E-state index contributed by atoms with van der Waals surface area (Å²) in [6, 6.07) is 2.83. The molecule has 0 spiro atoms. The number of amides is 2. The first-order chi connectivity index (χ1) is 12.5. The molecule has 8 heteroatoms. The Hall–Kier alpha value is -2.19. The Morgan fingerprint density at radius 2 is 1.92 bits per heavy atom. The number of aliphatic hydroxyl groups excluding tert-OH is 1. The summed E-state index contributed by atoms with van der Waals surface area (Å²) in [5.41, 5.74) is 5.90. The van der Waals surface area contributed by atoms with Gasteiger partial charge in [-0.2, -0.15) is 0 Å². The van der Waals surface area contributed by atoms with E-state index >= 15 is 0 Å². The minimum Gasteiger partial charge on any atom is -0.391 e. The van der Waals surface area contributed by atoms with Crippen molar-refractivity contribution in [2.45, 2.75) is 50.3 Å². The quantitative estimate of drug-likeness (QED) is 0.607. The molecule has 5 N–H and O–H groups in total. The maximum absolute atomic E-state index is 12.5. The van der Waals surface area contributed by atoms with Crippen LogP contribution in [-0.4, -0.2) is 53.3 Å². The van der Waals surface area contributed by atoms with Crippen LogP contribution in [0.25, 0.3) is 0 Å². The van der Waals surface area contributed by atoms with E-state index < -0.39 is 12.1 Å². The minimum absolute atomic E-state index is 0.00259. The third kappa shape index (κ3) is 4.70. The van der Waals surface area contributed by atoms with Crippen LogP contribution in [0.15, 0.2) is 18.3 Å². The Morgan fingerprint density at radius 1 is 1.15 bits per heavy atom. The highest BCUT2D eigenvalue weighted by Gasteiger charge is 2.34. The van der Waals surface area contributed by atoms with Gasteiger partial charge in [-0.15, -0.1) is 0 Å². The van der Waals surface area contributed by atoms with Crippen LogP contribution in [0.4, 0.5) is 5.82 Å². The number of hydrogen-bond donors (Lipinski definition) is 4. The molecule has 2 fully saturated rings. The lowest BCUT2D eigenvalue weighted by Crippen LogP contribution is -2.51. The van der Waals surface area contributed by atoms with Crippen molar-refractivity contribution in [1.82, 2.24) is 15.6 Å². The molecule has 1 saturated carbocycles. The number of nitrogens with two attached hydrogens (primary N) is 1. The van der Waals surface area contributed by atoms with Gasteiger partial charge < -0.3 is 26.2 Å². The number of anilines is 1. The molecule has 3 atom stereocenters. The molecule has 0 aromatic carbocycles. The second kappa shape index (κ2) is 8.46. The predicted octanol–water partition coefficient (Wildman–Crippen LogP) is 0.218. The molecule has 1 aliphatic carbocycles. The third-order valence-electron chi connectivity index (χ3n) is 5.12. The van der Waals surface area contributed by atoms with Gasteiger partial charge in [0.05, 0.1) is 17.7 Å². The van der Waals surface area contributed by atoms with Crippen molar-refractivity contribution in [3.8, 4) is 0 Å². The van der Waals surface area contributed by atoms with Gasteiger partial charge in [-0.1, -0.05) is 0 Å². The van der Waals surface area contributed by atoms with E-state index in [4.69, 9.17) is 10.5 Å². The smallest absolute Gasteiger partial charge is 0.253 e. The molecule has 3 rings (SSSR count). The van der Waals surface area contributed by atoms with Crippen molar-refractivity contribution in [3.63, 3.8) is 0 Å². The molecule has 8 nitrogen and oxygen atoms in total. The van der Waals surface area contributed by atoms with Crippen molar-refractivity contribution < 1.29 is 19.4 Å². The summed E-state index contributed by atoms with van der Waals surface area (Å²) < 4.78 is 5.31. The van der Waals surface area contributed by atoms with Gasteiger partial charge in [0.1, 0.15) is 5.82 Å². The van der Waals surface area contributed by atoms with Crippen molar-refractivity contribution in [3.05, 3.63) is 23.9 Å². The molecule has 0 radical (unpaired) electrons. The number of hydrogen-bond acceptors (Lipinski definition) is 6. The fourth-order valence-electron chi connectivity index (χ4n) is 3.50. The zero-order chi connectivity index (χ0) is 18.5. The number of nitrogens with zero attached hydrogens (tertiary/aromatic N) is 1. The van der Waals surface area contributed by atoms with E-state index in [1.807, 2.05) is 0 Å². The van der Waals surface area contributed by atoms with E-state index in [1.165, 1.54) is 6.20 Å². The van der Waals surface area contributed by atoms with Gasteiger partial charge in [0.15, 0.2) is 0 Å². The van der Waals surface area contributed by atoms with Gasteiger partial charge >= 0.3 is 0 Å². The lowest BCUT2D eigenvalue weighted by atomic mass is 9.83. The fourth-order valence-corrected chi connectivity index (χ4v) is 3.50. The van der Waals surface area contributed by atoms with Gasteiger partial charge in [0, 0.05) is 31.4 Å². The number of pyridine rings is 1. The molecule has 1 aromatic rings. The summed E-state index contributed by atoms with van der Waals surface area (Å²) in [7, 11) is 0. The third-order valence-corrected chi connectivity index (χ3v) is 5.12. The van der Waals surface area contributed by atoms with Crippen LogP contribution in [-0.2, 0) is 9.53 Å². The van der Waals surface area contributed by atoms with Crippen LogP contribution in [0, 0.1) is 5.92 Å². The van der Waals surface area contributed by atoms with Crippen LogP contribution in [0.5, 0.6) is 0 Å². The summed E-state index contributed by atoms with van der Waals surface area (Å²) in [5.74, 6) is -0.204. The first-order valence-corrected chi connectivity index (χ1v) is 9.11. The largest absolute Gasteiger partial charge is 0.391 e. The summed E-state index contributed by atoms with van der Waals surface area (Å²) in [5, 5.41) is 16.1. The molecular weight excluding hydrogens is 336 g/mol. The highest BCUT2D eigenvalue weighted by Crippen LogP contribution is 2.26. The first kappa shape index (κ1) is 18.6. The predicted molar refractivity (Wildman–Crippen MR) is 95.2 cm³/mol. The lowest BCUT2D eigenvalue weighted by Gasteiger charge is -2.34. The van der Waals surface area contributed by atoms with Gasteiger partial charge in [0.25, 0.3) is 5.91 Å². The number of nitrogens with one attached hydrogen (secondary N) is 2. The summed E-state index contributed by atoms with van der Waals surface area (Å²) in [6.45, 7) is 1.34. The van der Waals surface area contributed by atoms with E-state index in [9.17, 15) is 14.7 Å². The number of ether oxygens (including phenoxy) is 1. The molecule has 0 bridgehead atoms. The van der Waals surface area contributed by atoms with Gasteiger partial charge in [0.2, 0.25) is 5.91 Å². The number of aliphatic hydroxyl groups is 1. The molecular formula is C18H26N4O4. The second-order valence-electron chi connectivity index (χ2n) is 7.02. The Bertz CT molecular complexity index is 631. The topological polar surface area (TPSA) is 127 Å². The van der Waals surface area contributed by atoms with E-state index in [1.54, 1.807) is 12.1 Å². The van der Waals surface area contributed by atoms with Crippen LogP contribution >= 0.6 is 0 Å². The maximum Gasteiger partial charge on any atom is 0.253 e. The summed E-state index contributed by atoms with van der Waals surface area (Å²) in [4.78, 5) is 28.8. The molecule has 142 valence electrons. The standard InChI is InChI=1S/C18H26N4O4/c19-16-4-2-12(10-20-16)18(25)22-14-9-11(1-3-15(14)23)17(24)21-13-5-7-26-8-6-13/h2,4,10-11,13-15,23H,1,3,5-9H2,(H2,19,20)(H,21,24)(H,22,25)/t11-,14+,15+/m0/s1. The first-order valence-electron chi connectivity index (χ1n) is 9.11. The normalized spacial score (nSPS) is 26.9. The van der Waals surface area contributed by atoms with Crippen molar-refractivity contribution in [1.29, 1.82) is 0 Å². The summed E-state index contributed by atoms with van der Waals surface area (Å²) in [6.07, 6.45) is 3.91. The maximum atomic E-state index is 12.5. The number of carbonyl (C=O) groups excluding carboxylic acids is 2. The molecule has 26 heavy (non-hydrogen) atoms. The minimum atomic E-state index is -0.659. The van der Waals surface area contributed by atoms with Gasteiger partial charge in [-0.05, 0) is 44.2 Å². The Morgan fingerprint density at radius 3 is 2.62 bits per heavy atom. The van der Waals surface area contributed by atoms with E-state index in [-0.39, 0.29) is 23.8 Å². The highest BCUT2D eigenvalue weighted by atomic mass is 16.5. The Balaban J connectivity index is 1.56. The number of nitrogen functional groups attached to an aromatic ring is 1. The second-order valence-corrected chi connectivity index (χ2v) is 7.02. The van der Waals surface area contributed by atoms with Gasteiger partial charge in [-0.3, -0.25) is 9.59 Å². The van der Waals surface area contributed by atoms with E-state index in [0.717, 1.165) is 12.8 Å². The van der Waals surface area contributed by atoms with E-state index in [0.29, 0.717) is 43.9 Å². The SMILES string of the molecule is Nc1ccc(C(=O)N[C@@H]2C[C@@H](C(=O)NC3CCOCC3)CC[C@H]2O)cn1. The average Bonchev–Trinajstić information content (AvgIpc) is 2.64. The van der Waals surface area contributed by atoms with Crippen molar-refractivity contribution in [2.75, 3.05) is 18.9 Å². The number of aromatic nitrogens is 1. The van der Waals surface area contributed by atoms with Crippen LogP contribution in [0.3, 0.4) is 0 Å². The molecule has 2 amide bonds. The zero-order valence-electron chi connectivity index (χ0n) is 14.7. The lowest BCUT2D eigenvalue weighted by molar-refractivity contribution is -0.128. The molecule has 0 unspecified atom stereocenters. The molecule has 2 heterocycles. The summed E-state index contributed by atoms with van der Waals surface area (Å²) >= 11 is 0. The molecule has 2 aliphatic rings.